The van der Waals surface area contributed by atoms with Crippen LogP contribution in [-0.2, 0) is 20.8 Å². The Hall–Kier alpha value is 0.200. The summed E-state index contributed by atoms with van der Waals surface area (Å²) in [7, 11) is 9.22. The molecule has 0 saturated heterocycles. The molecule has 4 rings (SSSR count). The molecule has 0 nitrogen and oxygen atoms in total. The topological polar surface area (TPSA) is 0 Å². The SMILES string of the molecule is C[Si]C.Cc1cc2cc([P+](C)(C)C)ccc2[cH-]1.Cc1cc2cc([P+](C)(C)C)ccc2[cH-]1.[Cl][Zr+2][Cl]. The van der Waals surface area contributed by atoms with Crippen LogP contribution in [-0.4, -0.2) is 49.5 Å². The van der Waals surface area contributed by atoms with Gasteiger partial charge in [0.25, 0.3) is 0 Å². The van der Waals surface area contributed by atoms with Gasteiger partial charge in [-0.05, 0) is 0 Å². The molecule has 0 saturated carbocycles. The van der Waals surface area contributed by atoms with Gasteiger partial charge in [-0.1, -0.05) is 51.2 Å². The van der Waals surface area contributed by atoms with Gasteiger partial charge in [0.15, 0.2) is 0 Å². The van der Waals surface area contributed by atoms with Gasteiger partial charge < -0.3 is 0 Å². The van der Waals surface area contributed by atoms with Crippen LogP contribution in [0.3, 0.4) is 0 Å². The quantitative estimate of drug-likeness (QED) is 0.118. The van der Waals surface area contributed by atoms with Crippen molar-refractivity contribution in [3.63, 3.8) is 0 Å². The van der Waals surface area contributed by atoms with Crippen LogP contribution in [0.25, 0.3) is 21.5 Å². The normalized spacial score (nSPS) is 10.9. The van der Waals surface area contributed by atoms with Crippen molar-refractivity contribution in [3.05, 3.63) is 71.8 Å². The van der Waals surface area contributed by atoms with Crippen molar-refractivity contribution in [1.82, 2.24) is 0 Å². The second-order valence-electron chi connectivity index (χ2n) is 10.3. The summed E-state index contributed by atoms with van der Waals surface area (Å²) < 4.78 is 0. The first-order valence-corrected chi connectivity index (χ1v) is 25.9. The van der Waals surface area contributed by atoms with Crippen molar-refractivity contribution in [2.75, 3.05) is 40.0 Å². The molecule has 34 heavy (non-hydrogen) atoms. The predicted octanol–water partition coefficient (Wildman–Crippen LogP) is 8.96. The first-order chi connectivity index (χ1) is 15.8. The third-order valence-electron chi connectivity index (χ3n) is 5.22. The number of aryl methyl sites for hydroxylation is 2. The number of rotatable bonds is 2. The van der Waals surface area contributed by atoms with E-state index in [1.807, 2.05) is 0 Å². The molecule has 0 aliphatic rings. The standard InChI is InChI=1S/2C13H17P.C2H6Si.2ClH.Zr/c2*1-10-7-11-5-6-13(14(2,3)4)9-12(11)8-10;1-3-2;;;/h2*5-9H,1-4H3;1-2H3;2*1H;/q;;;;;+4/p-2. The van der Waals surface area contributed by atoms with E-state index < -0.39 is 35.4 Å². The van der Waals surface area contributed by atoms with Gasteiger partial charge in [-0.3, -0.25) is 0 Å². The maximum atomic E-state index is 4.93. The van der Waals surface area contributed by atoms with Gasteiger partial charge >= 0.3 is 37.9 Å². The Kier molecular flexibility index (Phi) is 14.0. The van der Waals surface area contributed by atoms with E-state index in [4.69, 9.17) is 17.0 Å². The van der Waals surface area contributed by atoms with E-state index >= 15 is 0 Å². The summed E-state index contributed by atoms with van der Waals surface area (Å²) in [5.74, 6) is 0. The maximum absolute atomic E-state index is 4.93. The number of hydrogen-bond acceptors (Lipinski definition) is 0. The van der Waals surface area contributed by atoms with Crippen LogP contribution in [0.4, 0.5) is 0 Å². The fourth-order valence-electron chi connectivity index (χ4n) is 3.54. The molecule has 2 radical (unpaired) electrons. The summed E-state index contributed by atoms with van der Waals surface area (Å²) in [6.07, 6.45) is 0. The van der Waals surface area contributed by atoms with Crippen LogP contribution >= 0.6 is 31.6 Å². The molecule has 182 valence electrons. The molecule has 0 heterocycles. The van der Waals surface area contributed by atoms with Crippen LogP contribution in [0.15, 0.2) is 60.7 Å². The monoisotopic (exact) mass is 626 g/mol. The molecule has 0 unspecified atom stereocenters. The van der Waals surface area contributed by atoms with Crippen molar-refractivity contribution < 1.29 is 20.8 Å². The van der Waals surface area contributed by atoms with E-state index in [0.717, 1.165) is 9.52 Å². The van der Waals surface area contributed by atoms with Crippen LogP contribution in [0, 0.1) is 13.8 Å². The first-order valence-electron chi connectivity index (χ1n) is 11.3. The van der Waals surface area contributed by atoms with Crippen LogP contribution in [0.2, 0.25) is 13.1 Å². The molecule has 0 aliphatic heterocycles. The minimum atomic E-state index is -0.863. The summed E-state index contributed by atoms with van der Waals surface area (Å²) in [6, 6.07) is 22.8. The minimum absolute atomic E-state index is 0.826. The predicted molar refractivity (Wildman–Crippen MR) is 166 cm³/mol. The summed E-state index contributed by atoms with van der Waals surface area (Å²) in [6.45, 7) is 22.8. The van der Waals surface area contributed by atoms with Crippen molar-refractivity contribution in [3.8, 4) is 0 Å². The van der Waals surface area contributed by atoms with Crippen LogP contribution < -0.4 is 10.6 Å². The zero-order valence-corrected chi connectivity index (χ0v) is 29.2. The van der Waals surface area contributed by atoms with E-state index in [9.17, 15) is 0 Å². The average Bonchev–Trinajstić information content (AvgIpc) is 3.27. The molecule has 0 fully saturated rings. The first kappa shape index (κ1) is 32.2. The summed E-state index contributed by atoms with van der Waals surface area (Å²) in [5.41, 5.74) is 2.73. The number of fused-ring (bicyclic) bond motifs is 2. The molecule has 0 amide bonds. The average molecular weight is 629 g/mol. The summed E-state index contributed by atoms with van der Waals surface area (Å²) in [4.78, 5) is 0. The molecule has 0 aliphatic carbocycles. The van der Waals surface area contributed by atoms with Crippen LogP contribution in [0.5, 0.6) is 0 Å². The van der Waals surface area contributed by atoms with Gasteiger partial charge in [-0.25, -0.2) is 0 Å². The van der Waals surface area contributed by atoms with Crippen LogP contribution in [0.1, 0.15) is 11.1 Å². The van der Waals surface area contributed by atoms with E-state index in [2.05, 4.69) is 128 Å². The van der Waals surface area contributed by atoms with Gasteiger partial charge in [0.05, 0.1) is 50.6 Å². The molecule has 4 aromatic carbocycles. The third-order valence-corrected chi connectivity index (χ3v) is 8.88. The van der Waals surface area contributed by atoms with E-state index in [0.29, 0.717) is 0 Å². The van der Waals surface area contributed by atoms with Gasteiger partial charge in [0, 0.05) is 24.0 Å². The number of halogens is 2. The fraction of sp³-hybridized carbons (Fsp3) is 0.357. The Bertz CT molecular complexity index is 1060. The summed E-state index contributed by atoms with van der Waals surface area (Å²) >= 11 is -0.826. The van der Waals surface area contributed by atoms with Crippen molar-refractivity contribution >= 4 is 73.2 Å². The Balaban J connectivity index is 0.000000277. The van der Waals surface area contributed by atoms with Gasteiger partial charge in [-0.2, -0.15) is 12.1 Å². The number of hydrogen-bond donors (Lipinski definition) is 0. The fourth-order valence-corrected chi connectivity index (χ4v) is 5.63. The zero-order valence-electron chi connectivity index (χ0n) is 22.4. The Labute approximate surface area is 231 Å². The molecule has 0 N–H and O–H groups in total. The van der Waals surface area contributed by atoms with E-state index in [1.54, 1.807) is 0 Å². The molecular weight excluding hydrogens is 588 g/mol. The molecule has 0 spiro atoms. The second kappa shape index (κ2) is 14.8. The third kappa shape index (κ3) is 10.7. The molecule has 0 aromatic heterocycles. The molecule has 0 atom stereocenters. The Morgan fingerprint density at radius 1 is 0.647 bits per heavy atom. The Morgan fingerprint density at radius 2 is 0.941 bits per heavy atom. The Morgan fingerprint density at radius 3 is 1.21 bits per heavy atom. The second-order valence-corrected chi connectivity index (χ2v) is 24.1. The van der Waals surface area contributed by atoms with Gasteiger partial charge in [-0.15, -0.1) is 56.9 Å². The van der Waals surface area contributed by atoms with Crippen molar-refractivity contribution in [1.29, 1.82) is 0 Å². The molecule has 6 heteroatoms. The van der Waals surface area contributed by atoms with E-state index in [-0.39, 0.29) is 0 Å². The molecule has 0 bridgehead atoms. The van der Waals surface area contributed by atoms with Crippen molar-refractivity contribution in [2.45, 2.75) is 26.9 Å². The molecule has 4 aromatic rings. The molecular formula is C28H40Cl2P2SiZr+2. The number of benzene rings is 2. The zero-order chi connectivity index (χ0) is 26.1. The van der Waals surface area contributed by atoms with Gasteiger partial charge in [0.1, 0.15) is 0 Å². The van der Waals surface area contributed by atoms with Gasteiger partial charge in [0.2, 0.25) is 0 Å². The van der Waals surface area contributed by atoms with E-state index in [1.165, 1.54) is 43.3 Å². The van der Waals surface area contributed by atoms with Crippen molar-refractivity contribution in [2.24, 2.45) is 0 Å². The summed E-state index contributed by atoms with van der Waals surface area (Å²) in [5, 5.41) is 8.59.